The standard InChI is InChI=1S/C19H18O6/c1-22-17-10-12(6-8-18(20)23-2)5-7-16(17)25-19(21)14-11-13(14)15-4-3-9-24-15/h3-10,13-14H,11H2,1-2H3. The molecule has 2 unspecified atom stereocenters. The zero-order valence-electron chi connectivity index (χ0n) is 13.9. The Hall–Kier alpha value is -3.02. The molecule has 6 nitrogen and oxygen atoms in total. The van der Waals surface area contributed by atoms with Crippen LogP contribution < -0.4 is 9.47 Å². The number of carbonyl (C=O) groups excluding carboxylic acids is 2. The van der Waals surface area contributed by atoms with Crippen LogP contribution in [-0.4, -0.2) is 26.2 Å². The summed E-state index contributed by atoms with van der Waals surface area (Å²) in [5.41, 5.74) is 0.724. The minimum atomic E-state index is -0.452. The molecule has 1 saturated carbocycles. The first-order valence-electron chi connectivity index (χ1n) is 7.81. The second-order valence-electron chi connectivity index (χ2n) is 5.65. The second-order valence-corrected chi connectivity index (χ2v) is 5.65. The van der Waals surface area contributed by atoms with E-state index >= 15 is 0 Å². The zero-order valence-corrected chi connectivity index (χ0v) is 13.9. The number of hydrogen-bond donors (Lipinski definition) is 0. The van der Waals surface area contributed by atoms with Gasteiger partial charge in [-0.05, 0) is 42.3 Å². The lowest BCUT2D eigenvalue weighted by Gasteiger charge is -2.10. The summed E-state index contributed by atoms with van der Waals surface area (Å²) in [4.78, 5) is 23.4. The number of ether oxygens (including phenoxy) is 3. The van der Waals surface area contributed by atoms with Gasteiger partial charge in [-0.1, -0.05) is 6.07 Å². The maximum absolute atomic E-state index is 12.3. The zero-order chi connectivity index (χ0) is 17.8. The topological polar surface area (TPSA) is 75.0 Å². The third-order valence-electron chi connectivity index (χ3n) is 4.01. The number of rotatable bonds is 6. The number of benzene rings is 1. The highest BCUT2D eigenvalue weighted by molar-refractivity contribution is 5.87. The highest BCUT2D eigenvalue weighted by Crippen LogP contribution is 2.48. The van der Waals surface area contributed by atoms with Gasteiger partial charge in [-0.2, -0.15) is 0 Å². The molecule has 1 fully saturated rings. The van der Waals surface area contributed by atoms with Crippen molar-refractivity contribution in [2.45, 2.75) is 12.3 Å². The summed E-state index contributed by atoms with van der Waals surface area (Å²) in [6.45, 7) is 0. The van der Waals surface area contributed by atoms with E-state index in [4.69, 9.17) is 13.9 Å². The second kappa shape index (κ2) is 7.25. The van der Waals surface area contributed by atoms with E-state index in [1.54, 1.807) is 36.6 Å². The van der Waals surface area contributed by atoms with Gasteiger partial charge in [0.15, 0.2) is 11.5 Å². The van der Waals surface area contributed by atoms with Gasteiger partial charge in [-0.25, -0.2) is 4.79 Å². The van der Waals surface area contributed by atoms with Crippen LogP contribution in [0.1, 0.15) is 23.7 Å². The summed E-state index contributed by atoms with van der Waals surface area (Å²) in [7, 11) is 2.80. The Labute approximate surface area is 145 Å². The number of esters is 2. The van der Waals surface area contributed by atoms with Crippen molar-refractivity contribution in [3.05, 3.63) is 54.0 Å². The highest BCUT2D eigenvalue weighted by atomic mass is 16.6. The van der Waals surface area contributed by atoms with Gasteiger partial charge in [0.1, 0.15) is 5.76 Å². The first-order valence-corrected chi connectivity index (χ1v) is 7.81. The molecule has 25 heavy (non-hydrogen) atoms. The number of hydrogen-bond acceptors (Lipinski definition) is 6. The van der Waals surface area contributed by atoms with Crippen LogP contribution in [0.3, 0.4) is 0 Å². The molecule has 3 rings (SSSR count). The molecule has 1 aromatic carbocycles. The van der Waals surface area contributed by atoms with E-state index in [0.29, 0.717) is 17.9 Å². The average molecular weight is 342 g/mol. The van der Waals surface area contributed by atoms with Crippen LogP contribution in [0.15, 0.2) is 47.1 Å². The Bertz CT molecular complexity index is 790. The van der Waals surface area contributed by atoms with Gasteiger partial charge >= 0.3 is 11.9 Å². The van der Waals surface area contributed by atoms with Crippen LogP contribution in [0.2, 0.25) is 0 Å². The fourth-order valence-electron chi connectivity index (χ4n) is 2.56. The van der Waals surface area contributed by atoms with Crippen LogP contribution in [0.4, 0.5) is 0 Å². The van der Waals surface area contributed by atoms with Crippen LogP contribution >= 0.6 is 0 Å². The monoisotopic (exact) mass is 342 g/mol. The van der Waals surface area contributed by atoms with Gasteiger partial charge in [-0.15, -0.1) is 0 Å². The largest absolute Gasteiger partial charge is 0.493 e. The summed E-state index contributed by atoms with van der Waals surface area (Å²) in [6.07, 6.45) is 5.21. The molecule has 130 valence electrons. The number of methoxy groups -OCH3 is 2. The third-order valence-corrected chi connectivity index (χ3v) is 4.01. The molecular weight excluding hydrogens is 324 g/mol. The van der Waals surface area contributed by atoms with E-state index < -0.39 is 5.97 Å². The molecule has 6 heteroatoms. The average Bonchev–Trinajstić information content (AvgIpc) is 3.25. The number of carbonyl (C=O) groups is 2. The Morgan fingerprint density at radius 1 is 1.20 bits per heavy atom. The summed E-state index contributed by atoms with van der Waals surface area (Å²) < 4.78 is 20.6. The fraction of sp³-hybridized carbons (Fsp3) is 0.263. The van der Waals surface area contributed by atoms with Crippen LogP contribution in [0.5, 0.6) is 11.5 Å². The van der Waals surface area contributed by atoms with Crippen LogP contribution in [0.25, 0.3) is 6.08 Å². The molecule has 0 saturated heterocycles. The summed E-state index contributed by atoms with van der Waals surface area (Å²) in [5, 5.41) is 0. The van der Waals surface area contributed by atoms with Crippen molar-refractivity contribution in [3.8, 4) is 11.5 Å². The summed E-state index contributed by atoms with van der Waals surface area (Å²) in [6, 6.07) is 8.71. The Balaban J connectivity index is 1.67. The van der Waals surface area contributed by atoms with E-state index in [-0.39, 0.29) is 17.8 Å². The van der Waals surface area contributed by atoms with Gasteiger partial charge in [0.05, 0.1) is 26.4 Å². The molecule has 0 amide bonds. The van der Waals surface area contributed by atoms with Gasteiger partial charge in [0.2, 0.25) is 0 Å². The predicted molar refractivity (Wildman–Crippen MR) is 89.2 cm³/mol. The van der Waals surface area contributed by atoms with E-state index in [2.05, 4.69) is 4.74 Å². The van der Waals surface area contributed by atoms with E-state index in [0.717, 1.165) is 11.3 Å². The van der Waals surface area contributed by atoms with Crippen molar-refractivity contribution < 1.29 is 28.2 Å². The Morgan fingerprint density at radius 3 is 2.72 bits per heavy atom. The van der Waals surface area contributed by atoms with E-state index in [1.807, 2.05) is 6.07 Å². The minimum absolute atomic E-state index is 0.0794. The van der Waals surface area contributed by atoms with Crippen LogP contribution in [-0.2, 0) is 14.3 Å². The maximum atomic E-state index is 12.3. The molecule has 0 aliphatic heterocycles. The Kier molecular flexibility index (Phi) is 4.88. The fourth-order valence-corrected chi connectivity index (χ4v) is 2.56. The van der Waals surface area contributed by atoms with Gasteiger partial charge in [0.25, 0.3) is 0 Å². The molecule has 0 spiro atoms. The first-order chi connectivity index (χ1) is 12.1. The van der Waals surface area contributed by atoms with E-state index in [1.165, 1.54) is 20.3 Å². The number of furan rings is 1. The molecule has 1 aromatic heterocycles. The molecular formula is C19H18O6. The lowest BCUT2D eigenvalue weighted by molar-refractivity contribution is -0.136. The summed E-state index contributed by atoms with van der Waals surface area (Å²) >= 11 is 0. The van der Waals surface area contributed by atoms with Crippen molar-refractivity contribution in [1.29, 1.82) is 0 Å². The van der Waals surface area contributed by atoms with Gasteiger partial charge in [0, 0.05) is 12.0 Å². The van der Waals surface area contributed by atoms with Gasteiger partial charge < -0.3 is 18.6 Å². The highest BCUT2D eigenvalue weighted by Gasteiger charge is 2.47. The molecule has 2 atom stereocenters. The van der Waals surface area contributed by atoms with E-state index in [9.17, 15) is 9.59 Å². The first kappa shape index (κ1) is 16.8. The molecule has 1 aliphatic rings. The van der Waals surface area contributed by atoms with Crippen molar-refractivity contribution in [1.82, 2.24) is 0 Å². The summed E-state index contributed by atoms with van der Waals surface area (Å²) in [5.74, 6) is 0.677. The van der Waals surface area contributed by atoms with Crippen molar-refractivity contribution in [3.63, 3.8) is 0 Å². The smallest absolute Gasteiger partial charge is 0.330 e. The third kappa shape index (κ3) is 3.91. The molecule has 1 heterocycles. The molecule has 2 aromatic rings. The molecule has 0 radical (unpaired) electrons. The van der Waals surface area contributed by atoms with Crippen molar-refractivity contribution >= 4 is 18.0 Å². The quantitative estimate of drug-likeness (QED) is 0.456. The predicted octanol–water partition coefficient (Wildman–Crippen LogP) is 3.18. The molecule has 0 bridgehead atoms. The maximum Gasteiger partial charge on any atom is 0.330 e. The minimum Gasteiger partial charge on any atom is -0.493 e. The lowest BCUT2D eigenvalue weighted by Crippen LogP contribution is -2.12. The van der Waals surface area contributed by atoms with Crippen molar-refractivity contribution in [2.24, 2.45) is 5.92 Å². The van der Waals surface area contributed by atoms with Crippen LogP contribution in [0, 0.1) is 5.92 Å². The molecule has 0 N–H and O–H groups in total. The van der Waals surface area contributed by atoms with Gasteiger partial charge in [-0.3, -0.25) is 4.79 Å². The SMILES string of the molecule is COC(=O)C=Cc1ccc(OC(=O)C2CC2c2ccco2)c(OC)c1. The Morgan fingerprint density at radius 2 is 2.04 bits per heavy atom. The lowest BCUT2D eigenvalue weighted by atomic mass is 10.2. The van der Waals surface area contributed by atoms with Crippen molar-refractivity contribution in [2.75, 3.05) is 14.2 Å². The normalized spacial score (nSPS) is 18.8. The molecule has 1 aliphatic carbocycles.